The zero-order valence-corrected chi connectivity index (χ0v) is 13.7. The summed E-state index contributed by atoms with van der Waals surface area (Å²) in [5.41, 5.74) is 7.06. The fraction of sp³-hybridized carbons (Fsp3) is 0.400. The number of nitrogens with one attached hydrogen (secondary N) is 1. The van der Waals surface area contributed by atoms with E-state index in [1.54, 1.807) is 0 Å². The Morgan fingerprint density at radius 3 is 2.24 bits per heavy atom. The van der Waals surface area contributed by atoms with Crippen LogP contribution in [-0.4, -0.2) is 6.54 Å². The molecule has 0 saturated heterocycles. The van der Waals surface area contributed by atoms with E-state index in [2.05, 4.69) is 75.5 Å². The van der Waals surface area contributed by atoms with E-state index < -0.39 is 0 Å². The Balaban J connectivity index is 2.46. The van der Waals surface area contributed by atoms with Crippen LogP contribution in [0.5, 0.6) is 0 Å². The lowest BCUT2D eigenvalue weighted by atomic mass is 9.91. The molecule has 1 heteroatoms. The van der Waals surface area contributed by atoms with Crippen LogP contribution in [0.25, 0.3) is 0 Å². The second-order valence-corrected chi connectivity index (χ2v) is 5.58. The van der Waals surface area contributed by atoms with Crippen LogP contribution in [0.3, 0.4) is 0 Å². The Bertz CT molecular complexity index is 586. The Labute approximate surface area is 129 Å². The molecule has 0 spiro atoms. The molecule has 1 nitrogen and oxygen atoms in total. The molecule has 1 atom stereocenters. The summed E-state index contributed by atoms with van der Waals surface area (Å²) in [7, 11) is 0. The van der Waals surface area contributed by atoms with Crippen molar-refractivity contribution in [2.45, 2.75) is 46.6 Å². The SMILES string of the molecule is CCNC(c1ccc(CC)c(CC)c1)c1ccccc1C. The predicted molar refractivity (Wildman–Crippen MR) is 91.9 cm³/mol. The van der Waals surface area contributed by atoms with E-state index in [-0.39, 0.29) is 6.04 Å². The van der Waals surface area contributed by atoms with Crippen LogP contribution in [0.4, 0.5) is 0 Å². The average molecular weight is 281 g/mol. The fourth-order valence-electron chi connectivity index (χ4n) is 3.02. The maximum Gasteiger partial charge on any atom is 0.0579 e. The van der Waals surface area contributed by atoms with Gasteiger partial charge in [-0.05, 0) is 54.1 Å². The Morgan fingerprint density at radius 2 is 1.62 bits per heavy atom. The van der Waals surface area contributed by atoms with Crippen molar-refractivity contribution in [1.29, 1.82) is 0 Å². The Kier molecular flexibility index (Phi) is 5.58. The van der Waals surface area contributed by atoms with Crippen molar-refractivity contribution in [2.75, 3.05) is 6.54 Å². The van der Waals surface area contributed by atoms with Crippen LogP contribution in [0.2, 0.25) is 0 Å². The lowest BCUT2D eigenvalue weighted by molar-refractivity contribution is 0.627. The lowest BCUT2D eigenvalue weighted by Crippen LogP contribution is -2.23. The van der Waals surface area contributed by atoms with Crippen molar-refractivity contribution in [3.63, 3.8) is 0 Å². The van der Waals surface area contributed by atoms with E-state index >= 15 is 0 Å². The summed E-state index contributed by atoms with van der Waals surface area (Å²) in [6, 6.07) is 15.9. The lowest BCUT2D eigenvalue weighted by Gasteiger charge is -2.22. The minimum absolute atomic E-state index is 0.285. The summed E-state index contributed by atoms with van der Waals surface area (Å²) in [6.07, 6.45) is 2.21. The van der Waals surface area contributed by atoms with E-state index in [4.69, 9.17) is 0 Å². The minimum Gasteiger partial charge on any atom is -0.307 e. The molecule has 0 aliphatic carbocycles. The average Bonchev–Trinajstić information content (AvgIpc) is 2.53. The van der Waals surface area contributed by atoms with E-state index in [1.807, 2.05) is 0 Å². The zero-order chi connectivity index (χ0) is 15.2. The van der Waals surface area contributed by atoms with Crippen molar-refractivity contribution < 1.29 is 0 Å². The highest BCUT2D eigenvalue weighted by atomic mass is 14.9. The molecule has 0 radical (unpaired) electrons. The van der Waals surface area contributed by atoms with Gasteiger partial charge >= 0.3 is 0 Å². The summed E-state index contributed by atoms with van der Waals surface area (Å²) in [4.78, 5) is 0. The molecule has 112 valence electrons. The van der Waals surface area contributed by atoms with Gasteiger partial charge in [-0.25, -0.2) is 0 Å². The van der Waals surface area contributed by atoms with Gasteiger partial charge in [0.15, 0.2) is 0 Å². The van der Waals surface area contributed by atoms with E-state index in [0.29, 0.717) is 0 Å². The van der Waals surface area contributed by atoms with Gasteiger partial charge in [0.2, 0.25) is 0 Å². The van der Waals surface area contributed by atoms with Crippen molar-refractivity contribution in [2.24, 2.45) is 0 Å². The molecule has 0 amide bonds. The molecule has 1 N–H and O–H groups in total. The molecule has 0 bridgehead atoms. The van der Waals surface area contributed by atoms with Crippen LogP contribution in [0, 0.1) is 6.92 Å². The van der Waals surface area contributed by atoms with Crippen LogP contribution >= 0.6 is 0 Å². The maximum absolute atomic E-state index is 3.64. The monoisotopic (exact) mass is 281 g/mol. The molecule has 0 aromatic heterocycles. The first-order valence-electron chi connectivity index (χ1n) is 8.11. The third-order valence-corrected chi connectivity index (χ3v) is 4.23. The highest BCUT2D eigenvalue weighted by Crippen LogP contribution is 2.27. The molecular weight excluding hydrogens is 254 g/mol. The quantitative estimate of drug-likeness (QED) is 0.800. The minimum atomic E-state index is 0.285. The van der Waals surface area contributed by atoms with Crippen molar-refractivity contribution >= 4 is 0 Å². The first-order chi connectivity index (χ1) is 10.2. The molecule has 2 rings (SSSR count). The van der Waals surface area contributed by atoms with Crippen molar-refractivity contribution in [1.82, 2.24) is 5.32 Å². The standard InChI is InChI=1S/C20H27N/c1-5-16-12-13-18(14-17(16)6-2)20(21-7-3)19-11-9-8-10-15(19)4/h8-14,20-21H,5-7H2,1-4H3. The van der Waals surface area contributed by atoms with Gasteiger partial charge in [-0.3, -0.25) is 0 Å². The van der Waals surface area contributed by atoms with E-state index in [1.165, 1.54) is 27.8 Å². The number of hydrogen-bond acceptors (Lipinski definition) is 1. The van der Waals surface area contributed by atoms with Crippen molar-refractivity contribution in [3.8, 4) is 0 Å². The molecular formula is C20H27N. The number of benzene rings is 2. The summed E-state index contributed by atoms with van der Waals surface area (Å²) in [5.74, 6) is 0. The molecule has 0 fully saturated rings. The van der Waals surface area contributed by atoms with Gasteiger partial charge in [-0.2, -0.15) is 0 Å². The van der Waals surface area contributed by atoms with E-state index in [0.717, 1.165) is 19.4 Å². The first kappa shape index (κ1) is 15.8. The molecule has 1 unspecified atom stereocenters. The smallest absolute Gasteiger partial charge is 0.0579 e. The molecule has 21 heavy (non-hydrogen) atoms. The normalized spacial score (nSPS) is 12.4. The largest absolute Gasteiger partial charge is 0.307 e. The summed E-state index contributed by atoms with van der Waals surface area (Å²) < 4.78 is 0. The predicted octanol–water partition coefficient (Wildman–Crippen LogP) is 4.82. The Hall–Kier alpha value is -1.60. The van der Waals surface area contributed by atoms with Crippen LogP contribution in [-0.2, 0) is 12.8 Å². The van der Waals surface area contributed by atoms with Gasteiger partial charge in [0.05, 0.1) is 6.04 Å². The maximum atomic E-state index is 3.64. The topological polar surface area (TPSA) is 12.0 Å². The molecule has 2 aromatic rings. The zero-order valence-electron chi connectivity index (χ0n) is 13.7. The highest BCUT2D eigenvalue weighted by molar-refractivity contribution is 5.40. The van der Waals surface area contributed by atoms with Crippen LogP contribution in [0.15, 0.2) is 42.5 Å². The van der Waals surface area contributed by atoms with Gasteiger partial charge < -0.3 is 5.32 Å². The number of aryl methyl sites for hydroxylation is 3. The van der Waals surface area contributed by atoms with E-state index in [9.17, 15) is 0 Å². The molecule has 0 aliphatic rings. The summed E-state index contributed by atoms with van der Waals surface area (Å²) >= 11 is 0. The second-order valence-electron chi connectivity index (χ2n) is 5.58. The molecule has 0 aliphatic heterocycles. The number of rotatable bonds is 6. The second kappa shape index (κ2) is 7.42. The van der Waals surface area contributed by atoms with Gasteiger partial charge in [0.1, 0.15) is 0 Å². The molecule has 2 aromatic carbocycles. The molecule has 0 saturated carbocycles. The van der Waals surface area contributed by atoms with Gasteiger partial charge in [-0.1, -0.05) is 63.2 Å². The third kappa shape index (κ3) is 3.54. The summed E-state index contributed by atoms with van der Waals surface area (Å²) in [5, 5.41) is 3.64. The van der Waals surface area contributed by atoms with Gasteiger partial charge in [0.25, 0.3) is 0 Å². The third-order valence-electron chi connectivity index (χ3n) is 4.23. The highest BCUT2D eigenvalue weighted by Gasteiger charge is 2.15. The van der Waals surface area contributed by atoms with Crippen molar-refractivity contribution in [3.05, 3.63) is 70.3 Å². The first-order valence-corrected chi connectivity index (χ1v) is 8.11. The fourth-order valence-corrected chi connectivity index (χ4v) is 3.02. The van der Waals surface area contributed by atoms with Crippen LogP contribution in [0.1, 0.15) is 54.6 Å². The summed E-state index contributed by atoms with van der Waals surface area (Å²) in [6.45, 7) is 9.81. The van der Waals surface area contributed by atoms with Gasteiger partial charge in [-0.15, -0.1) is 0 Å². The Morgan fingerprint density at radius 1 is 0.905 bits per heavy atom. The molecule has 0 heterocycles. The van der Waals surface area contributed by atoms with Crippen LogP contribution < -0.4 is 5.32 Å². The van der Waals surface area contributed by atoms with Gasteiger partial charge in [0, 0.05) is 0 Å². The number of hydrogen-bond donors (Lipinski definition) is 1.